The number of aromatic nitrogens is 10. The number of thioether (sulfide) groups is 6. The van der Waals surface area contributed by atoms with Crippen LogP contribution in [0.4, 0.5) is 5.95 Å². The quantitative estimate of drug-likeness (QED) is 0.0199. The van der Waals surface area contributed by atoms with Gasteiger partial charge in [-0.25, -0.2) is 43.4 Å². The first-order valence-electron chi connectivity index (χ1n) is 45.6. The summed E-state index contributed by atoms with van der Waals surface area (Å²) >= 11 is 8.64. The molecule has 0 radical (unpaired) electrons. The molecule has 21 N–H and O–H groups in total. The summed E-state index contributed by atoms with van der Waals surface area (Å²) in [6.07, 6.45) is 6.92. The Labute approximate surface area is 870 Å². The molecule has 13 heterocycles. The van der Waals surface area contributed by atoms with Crippen LogP contribution in [0.15, 0.2) is 104 Å². The first kappa shape index (κ1) is 111. The van der Waals surface area contributed by atoms with E-state index in [1.807, 2.05) is 47.0 Å². The van der Waals surface area contributed by atoms with Gasteiger partial charge in [0, 0.05) is 101 Å². The van der Waals surface area contributed by atoms with E-state index in [9.17, 15) is 98.3 Å². The van der Waals surface area contributed by atoms with Gasteiger partial charge in [-0.2, -0.15) is 42.1 Å². The molecule has 19 rings (SSSR count). The van der Waals surface area contributed by atoms with Gasteiger partial charge in [0.15, 0.2) is 19.7 Å². The van der Waals surface area contributed by atoms with Crippen LogP contribution < -0.4 is 60.7 Å². The Morgan fingerprint density at radius 2 is 0.855 bits per heavy atom. The first-order valence-corrected chi connectivity index (χ1v) is 53.8. The van der Waals surface area contributed by atoms with Crippen LogP contribution in [0.25, 0.3) is 0 Å². The van der Waals surface area contributed by atoms with E-state index in [1.54, 1.807) is 95.0 Å². The Kier molecular flexibility index (Phi) is 38.8. The van der Waals surface area contributed by atoms with Crippen molar-refractivity contribution in [2.75, 3.05) is 95.9 Å². The summed E-state index contributed by atoms with van der Waals surface area (Å²) in [6, 6.07) is 21.6. The molecule has 0 saturated carbocycles. The van der Waals surface area contributed by atoms with Crippen molar-refractivity contribution in [2.45, 2.75) is 155 Å². The van der Waals surface area contributed by atoms with Gasteiger partial charge in [0.25, 0.3) is 0 Å². The summed E-state index contributed by atoms with van der Waals surface area (Å²) in [7, 11) is -6.57. The molecule has 3 fully saturated rings. The second kappa shape index (κ2) is 50.8. The zero-order chi connectivity index (χ0) is 104. The summed E-state index contributed by atoms with van der Waals surface area (Å²) in [5.41, 5.74) is 20.0. The molecular formula is C85H104B6N19O26S9-. The second-order valence-corrected chi connectivity index (χ2v) is 45.1. The molecule has 0 aliphatic carbocycles. The normalized spacial score (nSPS) is 19.1. The van der Waals surface area contributed by atoms with Crippen molar-refractivity contribution in [3.05, 3.63) is 191 Å². The minimum absolute atomic E-state index is 0.0650. The van der Waals surface area contributed by atoms with Gasteiger partial charge in [0.2, 0.25) is 11.1 Å². The molecule has 768 valence electrons. The monoisotopic (exact) mass is 2160 g/mol. The number of hydrogen-bond donors (Lipinski definition) is 18. The van der Waals surface area contributed by atoms with Crippen LogP contribution in [-0.2, 0) is 62.9 Å². The van der Waals surface area contributed by atoms with Crippen LogP contribution >= 0.6 is 93.6 Å². The van der Waals surface area contributed by atoms with Crippen molar-refractivity contribution >= 4 is 189 Å². The average Bonchev–Trinajstić information content (AvgIpc) is 1.71. The fraction of sp³-hybridized carbons (Fsp3) is 0.412. The molecule has 45 nitrogen and oxygen atoms in total. The van der Waals surface area contributed by atoms with Crippen molar-refractivity contribution < 1.29 is 126 Å². The predicted octanol–water partition coefficient (Wildman–Crippen LogP) is 3.56. The van der Waals surface area contributed by atoms with Crippen molar-refractivity contribution in [1.82, 2.24) is 78.6 Å². The lowest BCUT2D eigenvalue weighted by molar-refractivity contribution is 0.0682. The highest BCUT2D eigenvalue weighted by Gasteiger charge is 2.47. The number of carboxylic acids is 6. The number of piperazine rings is 2. The first-order chi connectivity index (χ1) is 69.4. The van der Waals surface area contributed by atoms with E-state index in [4.69, 9.17) is 45.2 Å². The number of nitrogens with zero attached hydrogens (tertiary/aromatic N) is 13. The van der Waals surface area contributed by atoms with Gasteiger partial charge < -0.3 is 126 Å². The minimum Gasteiger partial charge on any atom is -0.759 e. The molecule has 0 bridgehead atoms. The maximum Gasteiger partial charge on any atom is 0.537 e. The summed E-state index contributed by atoms with van der Waals surface area (Å²) in [4.78, 5) is 83.7. The predicted molar refractivity (Wildman–Crippen MR) is 552 cm³/mol. The largest absolute Gasteiger partial charge is 0.759 e. The second-order valence-electron chi connectivity index (χ2n) is 34.6. The maximum atomic E-state index is 11.6. The third-order valence-corrected chi connectivity index (χ3v) is 34.0. The molecule has 9 aliphatic rings. The SMILES string of the molecule is Cc1ccc2c(c1C(=O)O)OB(O)[C@@H](SC1CN(NS(=O)[O-])C1)C2.Cc1ccc2c(c1C(=O)O)OB(O)[C@@H](SCCN1CCNCC1)C2.Cc1ccc2c(c1C(=O)O)OB(O)[C@@H](Sc1nc(N)ns1)C2.Cc1ccc2c(c1C(=O)O)OB(O)[C@@H](Sc1ncns1)C2.Cc1ccc2c(c1C(=O)O)OB(O)[C@@H](Sc1nnc(CN3CCNCC3)n1N)C2.Cc1ccc2c(c1C(=O)O)OB(O)[C@@H](Sc1nncn1CCCN)C2. The number of nitrogen functional groups attached to an aromatic ring is 2. The molecule has 10 aromatic rings. The van der Waals surface area contributed by atoms with Gasteiger partial charge in [0.1, 0.15) is 80.5 Å². The number of nitrogens with one attached hydrogen (secondary N) is 3. The molecule has 4 aromatic heterocycles. The standard InChI is InChI=1S/C17H23BN6O4S.C16H23BN2O4S.C15H19BN4O4S.C13H17BN2O6S2.C12H12BN3O4S2.C12H11BN2O4S2/c1-10-2-3-11-8-12(18(27)28-15(11)14(10)16(25)26)29-17-22-21-13(24(17)19)9-23-6-4-20-5-7-23;1-11-2-3-12-10-13(17(22)23-15(12)14(11)16(20)21)24-9-8-19-6-4-18-5-7-19;1-9-3-4-10-7-11(16(23)24-13(10)12(9)14(21)22)25-15-19-18-8-20(15)6-2-5-17;1-7-2-3-8-4-10(14(19)22-12(8)11(7)13(17)18)23-9-5-16(6-9)15-24(20)21;1-5-2-3-6-4-7(21-12-15-11(14)16-22-12)13(19)20-9(6)8(5)10(17)18;1-6-2-3-7-4-8(20-12-14-5-15-21-12)13(18)19-10(7)9(6)11(16)17/h2-3,12,20,27H,4-9,19H2,1H3,(H,25,26);2-3,13,18,22H,4-10H2,1H3,(H,20,21);3-4,8,11,23H,2,5-7,17H2,1H3,(H,21,22);2-3,9-10,15,19H,4-6H2,1H3,(H,17,18)(H,20,21);2-3,7,19H,4H2,1H3,(H2,14,16)(H,17,18);2-3,5,8,18H,4H2,1H3,(H,16,17)/p-1/t12-;13-;11-;10-;7-;8-/m000000/s1. The molecule has 60 heteroatoms. The number of carboxylic acid groups (broad SMARTS) is 6. The van der Waals surface area contributed by atoms with Crippen LogP contribution in [-0.4, -0.2) is 332 Å². The number of fused-ring (bicyclic) bond motifs is 6. The number of aromatic carboxylic acids is 6. The topological polar surface area (TPSA) is 678 Å². The number of hydrazine groups is 1. The number of benzene rings is 6. The molecule has 3 saturated heterocycles. The van der Waals surface area contributed by atoms with E-state index in [1.165, 1.54) is 81.3 Å². The lowest BCUT2D eigenvalue weighted by Crippen LogP contribution is -2.57. The lowest BCUT2D eigenvalue weighted by atomic mass is 9.77. The highest BCUT2D eigenvalue weighted by Crippen LogP contribution is 2.45. The number of carbonyl (C=O) groups is 6. The molecule has 0 spiro atoms. The molecule has 1 unspecified atom stereocenters. The van der Waals surface area contributed by atoms with E-state index < -0.39 is 89.8 Å². The number of aryl methyl sites for hydroxylation is 7. The maximum absolute atomic E-state index is 11.6. The van der Waals surface area contributed by atoms with Crippen molar-refractivity contribution in [3.8, 4) is 34.5 Å². The van der Waals surface area contributed by atoms with Gasteiger partial charge in [-0.3, -0.25) is 14.0 Å². The lowest BCUT2D eigenvalue weighted by Gasteiger charge is -2.41. The van der Waals surface area contributed by atoms with Gasteiger partial charge in [-0.1, -0.05) is 120 Å². The smallest absolute Gasteiger partial charge is 0.537 e. The molecule has 6 aromatic carbocycles. The van der Waals surface area contributed by atoms with E-state index in [-0.39, 0.29) is 104 Å². The molecule has 7 atom stereocenters. The Morgan fingerprint density at radius 1 is 0.490 bits per heavy atom. The van der Waals surface area contributed by atoms with Crippen molar-refractivity contribution in [2.24, 2.45) is 5.73 Å². The molecule has 0 amide bonds. The average molecular weight is 2160 g/mol. The molecule has 9 aliphatic heterocycles. The summed E-state index contributed by atoms with van der Waals surface area (Å²) in [5, 5.41) is 142. The highest BCUT2D eigenvalue weighted by atomic mass is 32.2. The molecule has 145 heavy (non-hydrogen) atoms. The van der Waals surface area contributed by atoms with Crippen LogP contribution in [0, 0.1) is 41.5 Å². The Hall–Kier alpha value is -9.98. The van der Waals surface area contributed by atoms with Crippen LogP contribution in [0.5, 0.6) is 34.5 Å². The summed E-state index contributed by atoms with van der Waals surface area (Å²) < 4.78 is 66.8. The highest BCUT2D eigenvalue weighted by molar-refractivity contribution is 8.03. The summed E-state index contributed by atoms with van der Waals surface area (Å²) in [6.45, 7) is 22.1. The van der Waals surface area contributed by atoms with Crippen LogP contribution in [0.3, 0.4) is 0 Å². The van der Waals surface area contributed by atoms with Gasteiger partial charge in [-0.15, -0.1) is 20.4 Å². The molecular weight excluding hydrogens is 2060 g/mol. The minimum atomic E-state index is -2.33. The van der Waals surface area contributed by atoms with E-state index in [0.717, 1.165) is 120 Å². The van der Waals surface area contributed by atoms with Crippen LogP contribution in [0.2, 0.25) is 0 Å². The van der Waals surface area contributed by atoms with Crippen LogP contribution in [0.1, 0.15) is 141 Å². The number of hydrogen-bond acceptors (Lipinski definition) is 44. The van der Waals surface area contributed by atoms with Gasteiger partial charge in [0.05, 0.1) is 37.4 Å². The van der Waals surface area contributed by atoms with E-state index >= 15 is 0 Å². The number of nitrogens with two attached hydrogens (primary N) is 3. The third kappa shape index (κ3) is 28.0. The fourth-order valence-electron chi connectivity index (χ4n) is 17.0. The van der Waals surface area contributed by atoms with Gasteiger partial charge in [-0.05, 0) is 183 Å². The van der Waals surface area contributed by atoms with Gasteiger partial charge >= 0.3 is 78.5 Å². The fourth-order valence-corrected chi connectivity index (χ4v) is 25.7. The number of anilines is 1. The zero-order valence-corrected chi connectivity index (χ0v) is 86.3. The van der Waals surface area contributed by atoms with Crippen molar-refractivity contribution in [1.29, 1.82) is 0 Å². The Bertz CT molecular complexity index is 6330. The van der Waals surface area contributed by atoms with Crippen molar-refractivity contribution in [3.63, 3.8) is 0 Å². The summed E-state index contributed by atoms with van der Waals surface area (Å²) in [5.74, 6) is 3.20. The Balaban J connectivity index is 0.000000138. The number of rotatable bonds is 27. The third-order valence-electron chi connectivity index (χ3n) is 24.5. The van der Waals surface area contributed by atoms with E-state index in [0.29, 0.717) is 131 Å². The Morgan fingerprint density at radius 3 is 1.23 bits per heavy atom. The van der Waals surface area contributed by atoms with E-state index in [2.05, 4.69) is 64.4 Å². The zero-order valence-electron chi connectivity index (χ0n) is 78.9.